The van der Waals surface area contributed by atoms with Gasteiger partial charge in [-0.1, -0.05) is 13.8 Å². The maximum atomic E-state index is 13.5. The molecule has 0 unspecified atom stereocenters. The maximum absolute atomic E-state index is 13.5. The summed E-state index contributed by atoms with van der Waals surface area (Å²) in [5.41, 5.74) is 0. The van der Waals surface area contributed by atoms with E-state index in [0.29, 0.717) is 0 Å². The molecule has 0 saturated heterocycles. The Bertz CT molecular complexity index is 449. The van der Waals surface area contributed by atoms with E-state index in [1.807, 2.05) is 0 Å². The van der Waals surface area contributed by atoms with Crippen LogP contribution < -0.4 is 0 Å². The molecule has 0 aromatic carbocycles. The van der Waals surface area contributed by atoms with Gasteiger partial charge in [-0.3, -0.25) is 9.59 Å². The van der Waals surface area contributed by atoms with Gasteiger partial charge in [-0.05, 0) is 12.8 Å². The second-order valence-corrected chi connectivity index (χ2v) is 5.38. The third-order valence-corrected chi connectivity index (χ3v) is 3.05. The van der Waals surface area contributed by atoms with Gasteiger partial charge in [0, 0.05) is 12.8 Å². The molecule has 4 nitrogen and oxygen atoms in total. The number of halogens is 8. The second-order valence-electron chi connectivity index (χ2n) is 5.38. The third-order valence-electron chi connectivity index (χ3n) is 3.05. The average Bonchev–Trinajstić information content (AvgIpc) is 2.51. The molecule has 0 radical (unpaired) electrons. The molecule has 0 N–H and O–H groups in total. The molecule has 12 heteroatoms. The standard InChI is InChI=1S/C14H18F8O4/c1-3-5-9(23)25-7-11(15,16)13(19,20)14(21,22)12(17,18)8-26-10(24)6-4-2/h3-8H2,1-2H3. The minimum atomic E-state index is -6.59. The number of carbonyl (C=O) groups excluding carboxylic acids is 2. The number of esters is 2. The van der Waals surface area contributed by atoms with Gasteiger partial charge in [0.25, 0.3) is 0 Å². The molecule has 0 aliphatic rings. The van der Waals surface area contributed by atoms with E-state index < -0.39 is 61.7 Å². The van der Waals surface area contributed by atoms with E-state index >= 15 is 0 Å². The van der Waals surface area contributed by atoms with Crippen LogP contribution >= 0.6 is 0 Å². The van der Waals surface area contributed by atoms with E-state index in [1.54, 1.807) is 0 Å². The topological polar surface area (TPSA) is 52.6 Å². The normalized spacial score (nSPS) is 13.5. The molecule has 0 bridgehead atoms. The zero-order valence-corrected chi connectivity index (χ0v) is 13.9. The van der Waals surface area contributed by atoms with Crippen molar-refractivity contribution in [1.82, 2.24) is 0 Å². The van der Waals surface area contributed by atoms with Crippen molar-refractivity contribution >= 4 is 11.9 Å². The summed E-state index contributed by atoms with van der Waals surface area (Å²) in [6, 6.07) is 0. The van der Waals surface area contributed by atoms with Gasteiger partial charge < -0.3 is 9.47 Å². The van der Waals surface area contributed by atoms with E-state index in [4.69, 9.17) is 0 Å². The van der Waals surface area contributed by atoms with Gasteiger partial charge in [-0.25, -0.2) is 0 Å². The number of hydrogen-bond acceptors (Lipinski definition) is 4. The number of rotatable bonds is 11. The molecule has 0 heterocycles. The van der Waals surface area contributed by atoms with Crippen molar-refractivity contribution < 1.29 is 54.2 Å². The predicted molar refractivity (Wildman–Crippen MR) is 71.5 cm³/mol. The van der Waals surface area contributed by atoms with E-state index in [-0.39, 0.29) is 12.8 Å². The van der Waals surface area contributed by atoms with Crippen LogP contribution in [-0.4, -0.2) is 48.8 Å². The van der Waals surface area contributed by atoms with Crippen LogP contribution in [0.5, 0.6) is 0 Å². The third kappa shape index (κ3) is 5.44. The van der Waals surface area contributed by atoms with Crippen LogP contribution in [0.4, 0.5) is 35.1 Å². The van der Waals surface area contributed by atoms with E-state index in [0.717, 1.165) is 0 Å². The van der Waals surface area contributed by atoms with Crippen LogP contribution in [0.2, 0.25) is 0 Å². The number of hydrogen-bond donors (Lipinski definition) is 0. The van der Waals surface area contributed by atoms with Crippen molar-refractivity contribution in [3.8, 4) is 0 Å². The minimum absolute atomic E-state index is 0.0954. The quantitative estimate of drug-likeness (QED) is 0.384. The molecular formula is C14H18F8O4. The van der Waals surface area contributed by atoms with E-state index in [1.165, 1.54) is 13.8 Å². The zero-order valence-electron chi connectivity index (χ0n) is 13.9. The first-order chi connectivity index (χ1) is 11.7. The fourth-order valence-electron chi connectivity index (χ4n) is 1.54. The summed E-state index contributed by atoms with van der Waals surface area (Å²) in [7, 11) is 0. The van der Waals surface area contributed by atoms with Crippen molar-refractivity contribution in [2.45, 2.75) is 63.2 Å². The van der Waals surface area contributed by atoms with Gasteiger partial charge in [0.2, 0.25) is 0 Å². The molecular weight excluding hydrogens is 384 g/mol. The van der Waals surface area contributed by atoms with E-state index in [9.17, 15) is 44.7 Å². The first-order valence-electron chi connectivity index (χ1n) is 7.48. The van der Waals surface area contributed by atoms with Crippen LogP contribution in [-0.2, 0) is 19.1 Å². The molecule has 0 spiro atoms. The lowest BCUT2D eigenvalue weighted by atomic mass is 9.99. The molecule has 0 fully saturated rings. The molecule has 0 aliphatic heterocycles. The summed E-state index contributed by atoms with van der Waals surface area (Å²) in [6.07, 6.45) is -0.723. The molecule has 0 saturated carbocycles. The van der Waals surface area contributed by atoms with Crippen LogP contribution in [0.3, 0.4) is 0 Å². The van der Waals surface area contributed by atoms with E-state index in [2.05, 4.69) is 9.47 Å². The van der Waals surface area contributed by atoms with Crippen LogP contribution in [0.15, 0.2) is 0 Å². The Hall–Kier alpha value is -1.62. The Labute approximate surface area is 143 Å². The van der Waals surface area contributed by atoms with Gasteiger partial charge in [0.1, 0.15) is 0 Å². The van der Waals surface area contributed by atoms with Crippen LogP contribution in [0.25, 0.3) is 0 Å². The Kier molecular flexibility index (Phi) is 8.30. The fourth-order valence-corrected chi connectivity index (χ4v) is 1.54. The second kappa shape index (κ2) is 8.85. The lowest BCUT2D eigenvalue weighted by Gasteiger charge is -2.36. The Balaban J connectivity index is 5.29. The molecule has 154 valence electrons. The van der Waals surface area contributed by atoms with Crippen molar-refractivity contribution in [3.63, 3.8) is 0 Å². The number of carbonyl (C=O) groups is 2. The summed E-state index contributed by atoms with van der Waals surface area (Å²) in [6.45, 7) is -2.19. The smallest absolute Gasteiger partial charge is 0.381 e. The molecule has 0 rings (SSSR count). The summed E-state index contributed by atoms with van der Waals surface area (Å²) in [5.74, 6) is -27.5. The molecule has 0 amide bonds. The van der Waals surface area contributed by atoms with Crippen molar-refractivity contribution in [2.24, 2.45) is 0 Å². The van der Waals surface area contributed by atoms with Gasteiger partial charge in [-0.2, -0.15) is 35.1 Å². The number of alkyl halides is 8. The van der Waals surface area contributed by atoms with Crippen molar-refractivity contribution in [1.29, 1.82) is 0 Å². The molecule has 0 aliphatic carbocycles. The highest BCUT2D eigenvalue weighted by molar-refractivity contribution is 5.69. The summed E-state index contributed by atoms with van der Waals surface area (Å²) in [4.78, 5) is 21.8. The van der Waals surface area contributed by atoms with Crippen LogP contribution in [0, 0.1) is 0 Å². The molecule has 0 aromatic rings. The summed E-state index contributed by atoms with van der Waals surface area (Å²) >= 11 is 0. The number of ether oxygens (including phenoxy) is 2. The first kappa shape index (κ1) is 24.4. The van der Waals surface area contributed by atoms with Crippen molar-refractivity contribution in [3.05, 3.63) is 0 Å². The highest BCUT2D eigenvalue weighted by Gasteiger charge is 2.81. The zero-order chi connectivity index (χ0) is 20.8. The van der Waals surface area contributed by atoms with Gasteiger partial charge >= 0.3 is 35.6 Å². The fraction of sp³-hybridized carbons (Fsp3) is 0.857. The summed E-state index contributed by atoms with van der Waals surface area (Å²) < 4.78 is 115. The Morgan fingerprint density at radius 3 is 1.15 bits per heavy atom. The Morgan fingerprint density at radius 2 is 0.923 bits per heavy atom. The minimum Gasteiger partial charge on any atom is -0.459 e. The highest BCUT2D eigenvalue weighted by Crippen LogP contribution is 2.52. The molecule has 26 heavy (non-hydrogen) atoms. The predicted octanol–water partition coefficient (Wildman–Crippen LogP) is 4.21. The Morgan fingerprint density at radius 1 is 0.654 bits per heavy atom. The lowest BCUT2D eigenvalue weighted by molar-refractivity contribution is -0.374. The summed E-state index contributed by atoms with van der Waals surface area (Å²) in [5, 5.41) is 0. The SMILES string of the molecule is CCCC(=O)OCC(F)(F)C(F)(F)C(F)(F)C(F)(F)COC(=O)CCC. The lowest BCUT2D eigenvalue weighted by Crippen LogP contribution is -2.64. The van der Waals surface area contributed by atoms with Gasteiger partial charge in [0.15, 0.2) is 13.2 Å². The largest absolute Gasteiger partial charge is 0.459 e. The van der Waals surface area contributed by atoms with Crippen molar-refractivity contribution in [2.75, 3.05) is 13.2 Å². The van der Waals surface area contributed by atoms with Crippen LogP contribution in [0.1, 0.15) is 39.5 Å². The molecule has 0 aromatic heterocycles. The highest BCUT2D eigenvalue weighted by atomic mass is 19.4. The van der Waals surface area contributed by atoms with Gasteiger partial charge in [0.05, 0.1) is 0 Å². The maximum Gasteiger partial charge on any atom is 0.381 e. The average molecular weight is 402 g/mol. The molecule has 0 atom stereocenters. The van der Waals surface area contributed by atoms with Gasteiger partial charge in [-0.15, -0.1) is 0 Å². The monoisotopic (exact) mass is 402 g/mol. The first-order valence-corrected chi connectivity index (χ1v) is 7.48.